The Morgan fingerprint density at radius 1 is 1.02 bits per heavy atom. The van der Waals surface area contributed by atoms with Gasteiger partial charge >= 0.3 is 28.5 Å². The molecule has 1 heterocycles. The third-order valence-corrected chi connectivity index (χ3v) is 6.52. The number of carbonyl (C=O) groups excluding carboxylic acids is 3. The summed E-state index contributed by atoms with van der Waals surface area (Å²) in [5.74, 6) is -3.45. The second-order valence-corrected chi connectivity index (χ2v) is 11.7. The van der Waals surface area contributed by atoms with Crippen molar-refractivity contribution >= 4 is 39.6 Å². The van der Waals surface area contributed by atoms with Crippen molar-refractivity contribution in [3.8, 4) is 0 Å². The molecule has 0 aromatic heterocycles. The van der Waals surface area contributed by atoms with E-state index in [4.69, 9.17) is 4.74 Å². The number of halogens is 5. The molecule has 1 aliphatic rings. The fraction of sp³-hybridized carbons (Fsp3) is 0.375. The summed E-state index contributed by atoms with van der Waals surface area (Å²) in [6.07, 6.45) is -6.43. The highest BCUT2D eigenvalue weighted by molar-refractivity contribution is 7.91. The monoisotopic (exact) mass is 592 g/mol. The van der Waals surface area contributed by atoms with Gasteiger partial charge in [0.15, 0.2) is 0 Å². The van der Waals surface area contributed by atoms with E-state index in [-0.39, 0.29) is 5.56 Å². The van der Waals surface area contributed by atoms with Crippen LogP contribution >= 0.6 is 0 Å². The van der Waals surface area contributed by atoms with E-state index in [1.165, 1.54) is 34.6 Å². The summed E-state index contributed by atoms with van der Waals surface area (Å²) >= 11 is 0. The van der Waals surface area contributed by atoms with Crippen molar-refractivity contribution < 1.29 is 49.5 Å². The predicted octanol–water partition coefficient (Wildman–Crippen LogP) is 4.91. The minimum Gasteiger partial charge on any atom is -0.443 e. The van der Waals surface area contributed by atoms with Crippen LogP contribution in [0.4, 0.5) is 42.9 Å². The van der Waals surface area contributed by atoms with Gasteiger partial charge in [0, 0.05) is 0 Å². The number of nitrogens with one attached hydrogen (secondary N) is 2. The SMILES string of the molecule is CC(C)(C)OC(=O)NS(=O)(=O)Nc1cc(F)ccc1CN1C(=O)N(c2ccc(F)c(C(F)(F)F)c2)C(=O)C1(C)C. The number of hydrogen-bond donors (Lipinski definition) is 2. The van der Waals surface area contributed by atoms with E-state index in [9.17, 15) is 44.8 Å². The van der Waals surface area contributed by atoms with E-state index < -0.39 is 80.7 Å². The van der Waals surface area contributed by atoms with Crippen LogP contribution in [0, 0.1) is 11.6 Å². The molecule has 2 aromatic rings. The van der Waals surface area contributed by atoms with E-state index in [0.29, 0.717) is 17.0 Å². The van der Waals surface area contributed by atoms with Gasteiger partial charge in [-0.25, -0.2) is 28.0 Å². The maximum Gasteiger partial charge on any atom is 0.422 e. The first kappa shape index (κ1) is 30.6. The molecular formula is C24H25F5N4O6S. The zero-order valence-corrected chi connectivity index (χ0v) is 22.6. The number of urea groups is 1. The van der Waals surface area contributed by atoms with E-state index in [1.807, 2.05) is 4.72 Å². The molecule has 0 spiro atoms. The molecule has 0 atom stereocenters. The molecule has 4 amide bonds. The number of hydrogen-bond acceptors (Lipinski definition) is 6. The number of rotatable bonds is 6. The molecule has 16 heteroatoms. The van der Waals surface area contributed by atoms with Gasteiger partial charge in [-0.15, -0.1) is 0 Å². The molecule has 2 aromatic carbocycles. The number of ether oxygens (including phenoxy) is 1. The lowest BCUT2D eigenvalue weighted by Gasteiger charge is -2.28. The van der Waals surface area contributed by atoms with Gasteiger partial charge < -0.3 is 9.64 Å². The summed E-state index contributed by atoms with van der Waals surface area (Å²) in [6, 6.07) is 3.34. The first-order chi connectivity index (χ1) is 18.1. The zero-order chi connectivity index (χ0) is 30.4. The third-order valence-electron chi connectivity index (χ3n) is 5.60. The Morgan fingerprint density at radius 3 is 2.23 bits per heavy atom. The summed E-state index contributed by atoms with van der Waals surface area (Å²) in [5.41, 5.74) is -5.39. The van der Waals surface area contributed by atoms with Gasteiger partial charge in [-0.2, -0.15) is 21.6 Å². The highest BCUT2D eigenvalue weighted by Crippen LogP contribution is 2.38. The van der Waals surface area contributed by atoms with Crippen molar-refractivity contribution in [2.24, 2.45) is 0 Å². The second-order valence-electron chi connectivity index (χ2n) is 10.2. The quantitative estimate of drug-likeness (QED) is 0.363. The molecule has 0 aliphatic carbocycles. The minimum atomic E-state index is -5.10. The van der Waals surface area contributed by atoms with E-state index in [0.717, 1.165) is 29.2 Å². The van der Waals surface area contributed by atoms with Gasteiger partial charge in [-0.05, 0) is 70.5 Å². The Hall–Kier alpha value is -3.95. The van der Waals surface area contributed by atoms with Crippen LogP contribution in [-0.2, 0) is 32.5 Å². The van der Waals surface area contributed by atoms with E-state index >= 15 is 0 Å². The summed E-state index contributed by atoms with van der Waals surface area (Å²) < 4.78 is 101. The highest BCUT2D eigenvalue weighted by Gasteiger charge is 2.52. The lowest BCUT2D eigenvalue weighted by atomic mass is 10.0. The number of benzene rings is 2. The average molecular weight is 593 g/mol. The summed E-state index contributed by atoms with van der Waals surface area (Å²) in [4.78, 5) is 39.7. The number of carbonyl (C=O) groups is 3. The van der Waals surface area contributed by atoms with Gasteiger partial charge in [-0.1, -0.05) is 6.07 Å². The summed E-state index contributed by atoms with van der Waals surface area (Å²) in [5, 5.41) is 0. The Bertz CT molecular complexity index is 1470. The number of imide groups is 1. The topological polar surface area (TPSA) is 125 Å². The molecule has 10 nitrogen and oxygen atoms in total. The van der Waals surface area contributed by atoms with Crippen LogP contribution < -0.4 is 14.3 Å². The summed E-state index contributed by atoms with van der Waals surface area (Å²) in [6.45, 7) is 6.54. The molecule has 1 saturated heterocycles. The van der Waals surface area contributed by atoms with Crippen molar-refractivity contribution in [3.63, 3.8) is 0 Å². The predicted molar refractivity (Wildman–Crippen MR) is 132 cm³/mol. The molecule has 0 bridgehead atoms. The molecule has 0 saturated carbocycles. The van der Waals surface area contributed by atoms with Crippen molar-refractivity contribution in [2.45, 2.75) is 58.5 Å². The Labute approximate surface area is 226 Å². The molecule has 218 valence electrons. The number of amides is 4. The molecule has 1 fully saturated rings. The maximum atomic E-state index is 14.0. The number of anilines is 2. The Kier molecular flexibility index (Phi) is 7.82. The number of nitrogens with zero attached hydrogens (tertiary/aromatic N) is 2. The van der Waals surface area contributed by atoms with Crippen LogP contribution in [0.2, 0.25) is 0 Å². The van der Waals surface area contributed by atoms with Crippen molar-refractivity contribution in [1.82, 2.24) is 9.62 Å². The minimum absolute atomic E-state index is 0.0397. The smallest absolute Gasteiger partial charge is 0.422 e. The van der Waals surface area contributed by atoms with E-state index in [2.05, 4.69) is 0 Å². The maximum absolute atomic E-state index is 14.0. The first-order valence-corrected chi connectivity index (χ1v) is 13.0. The van der Waals surface area contributed by atoms with E-state index in [1.54, 1.807) is 4.72 Å². The van der Waals surface area contributed by atoms with Crippen molar-refractivity contribution in [3.05, 3.63) is 59.2 Å². The molecule has 0 unspecified atom stereocenters. The Balaban J connectivity index is 1.94. The first-order valence-electron chi connectivity index (χ1n) is 11.5. The van der Waals surface area contributed by atoms with Crippen molar-refractivity contribution in [2.75, 3.05) is 9.62 Å². The normalized spacial score (nSPS) is 15.8. The Morgan fingerprint density at radius 2 is 1.65 bits per heavy atom. The molecule has 1 aliphatic heterocycles. The molecule has 40 heavy (non-hydrogen) atoms. The second kappa shape index (κ2) is 10.2. The van der Waals surface area contributed by atoms with Crippen LogP contribution in [0.3, 0.4) is 0 Å². The van der Waals surface area contributed by atoms with Gasteiger partial charge in [0.1, 0.15) is 22.8 Å². The fourth-order valence-electron chi connectivity index (χ4n) is 3.73. The molecule has 2 N–H and O–H groups in total. The van der Waals surface area contributed by atoms with Crippen LogP contribution in [-0.4, -0.2) is 42.5 Å². The zero-order valence-electron chi connectivity index (χ0n) is 21.8. The van der Waals surface area contributed by atoms with Gasteiger partial charge in [0.05, 0.1) is 23.5 Å². The standard InChI is InChI=1S/C24H25F5N4O6S/c1-22(2,3)39-20(35)31-40(37,38)30-18-10-14(25)7-6-13(18)12-32-21(36)33(19(34)23(32,4)5)15-8-9-17(26)16(11-15)24(27,28)29/h6-11,30H,12H2,1-5H3,(H,31,35). The van der Waals surface area contributed by atoms with Gasteiger partial charge in [0.25, 0.3) is 5.91 Å². The largest absolute Gasteiger partial charge is 0.443 e. The fourth-order valence-corrected chi connectivity index (χ4v) is 4.52. The molecule has 3 rings (SSSR count). The molecular weight excluding hydrogens is 567 g/mol. The van der Waals surface area contributed by atoms with Crippen LogP contribution in [0.25, 0.3) is 0 Å². The van der Waals surface area contributed by atoms with Crippen LogP contribution in [0.5, 0.6) is 0 Å². The van der Waals surface area contributed by atoms with Crippen LogP contribution in [0.15, 0.2) is 36.4 Å². The summed E-state index contributed by atoms with van der Waals surface area (Å²) in [7, 11) is -4.67. The number of alkyl halides is 3. The van der Waals surface area contributed by atoms with Crippen LogP contribution in [0.1, 0.15) is 45.7 Å². The third kappa shape index (κ3) is 6.60. The van der Waals surface area contributed by atoms with Crippen molar-refractivity contribution in [1.29, 1.82) is 0 Å². The highest BCUT2D eigenvalue weighted by atomic mass is 32.2. The average Bonchev–Trinajstić information content (AvgIpc) is 2.92. The molecule has 0 radical (unpaired) electrons. The lowest BCUT2D eigenvalue weighted by Crippen LogP contribution is -2.44. The van der Waals surface area contributed by atoms with Gasteiger partial charge in [-0.3, -0.25) is 9.52 Å². The van der Waals surface area contributed by atoms with Gasteiger partial charge in [0.2, 0.25) is 0 Å². The lowest BCUT2D eigenvalue weighted by molar-refractivity contribution is -0.140.